The number of methoxy groups -OCH3 is 2. The zero-order chi connectivity index (χ0) is 34.2. The lowest BCUT2D eigenvalue weighted by Gasteiger charge is -2.20. The molecule has 12 heteroatoms. The van der Waals surface area contributed by atoms with Crippen molar-refractivity contribution in [3.63, 3.8) is 0 Å². The van der Waals surface area contributed by atoms with Gasteiger partial charge in [-0.05, 0) is 36.4 Å². The first-order valence-electron chi connectivity index (χ1n) is 15.6. The van der Waals surface area contributed by atoms with E-state index in [-0.39, 0.29) is 38.2 Å². The molecule has 250 valence electrons. The van der Waals surface area contributed by atoms with E-state index >= 15 is 0 Å². The number of hydrogen-bond acceptors (Lipinski definition) is 12. The van der Waals surface area contributed by atoms with Crippen LogP contribution < -0.4 is 28.4 Å². The average molecular weight is 673 g/mol. The number of benzene rings is 4. The summed E-state index contributed by atoms with van der Waals surface area (Å²) in [7, 11) is 3.00. The number of aromatic nitrogens is 2. The molecule has 0 N–H and O–H groups in total. The molecule has 0 fully saturated rings. The van der Waals surface area contributed by atoms with Crippen LogP contribution in [0.5, 0.6) is 34.5 Å². The Kier molecular flexibility index (Phi) is 7.88. The Labute approximate surface area is 285 Å². The van der Waals surface area contributed by atoms with Gasteiger partial charge in [-0.3, -0.25) is 0 Å². The number of fused-ring (bicyclic) bond motifs is 4. The van der Waals surface area contributed by atoms with Gasteiger partial charge in [0.05, 0.1) is 25.3 Å². The van der Waals surface area contributed by atoms with E-state index in [9.17, 15) is 9.59 Å². The van der Waals surface area contributed by atoms with Gasteiger partial charge in [-0.1, -0.05) is 48.5 Å². The van der Waals surface area contributed by atoms with E-state index in [1.165, 1.54) is 14.2 Å². The lowest BCUT2D eigenvalue weighted by Crippen LogP contribution is -2.10. The van der Waals surface area contributed by atoms with Crippen LogP contribution in [0.4, 0.5) is 0 Å². The summed E-state index contributed by atoms with van der Waals surface area (Å²) in [6.45, 7) is -0.595. The summed E-state index contributed by atoms with van der Waals surface area (Å²) in [6, 6.07) is 25.2. The second-order valence-corrected chi connectivity index (χ2v) is 11.3. The molecule has 4 aromatic carbocycles. The minimum Gasteiger partial charge on any atom is -0.493 e. The number of para-hydroxylation sites is 2. The van der Waals surface area contributed by atoms with Gasteiger partial charge in [0.15, 0.2) is 23.0 Å². The van der Waals surface area contributed by atoms with E-state index < -0.39 is 11.9 Å². The Morgan fingerprint density at radius 2 is 1.00 bits per heavy atom. The van der Waals surface area contributed by atoms with Gasteiger partial charge in [-0.2, -0.15) is 0 Å². The summed E-state index contributed by atoms with van der Waals surface area (Å²) in [5.41, 5.74) is 3.55. The molecule has 0 unspecified atom stereocenters. The minimum atomic E-state index is -0.630. The molecule has 0 saturated heterocycles. The van der Waals surface area contributed by atoms with E-state index in [1.807, 2.05) is 60.7 Å². The maximum Gasteiger partial charge on any atom is 0.357 e. The Balaban J connectivity index is 1.19. The molecular formula is C38H28N2O10. The van der Waals surface area contributed by atoms with Gasteiger partial charge in [0.1, 0.15) is 24.6 Å². The standard InChI is InChI=1S/C38H28N2O10/c1-43-29-15-23(17-45-37(41)27-13-11-21-7-3-5-9-25(21)39-27)31(35-33(29)47-19-49-35)32-24(16-30(44-2)34-36(32)50-20-48-34)18-46-38(42)28-14-12-22-8-4-6-10-26(22)40-28/h3-16H,17-20H2,1-2H3. The number of carbonyl (C=O) groups is 2. The SMILES string of the molecule is COc1cc(COC(=O)c2ccc3ccccc3n2)c(-c2c(COC(=O)c3ccc4ccccc4n3)cc(OC)c3c2OCO3)c2c1OCO2. The third-order valence-electron chi connectivity index (χ3n) is 8.40. The number of pyridine rings is 2. The zero-order valence-corrected chi connectivity index (χ0v) is 26.9. The van der Waals surface area contributed by atoms with Crippen LogP contribution in [0.3, 0.4) is 0 Å². The summed E-state index contributed by atoms with van der Waals surface area (Å²) < 4.78 is 46.6. The monoisotopic (exact) mass is 672 g/mol. The van der Waals surface area contributed by atoms with Crippen LogP contribution in [-0.2, 0) is 22.7 Å². The summed E-state index contributed by atoms with van der Waals surface area (Å²) in [4.78, 5) is 35.6. The van der Waals surface area contributed by atoms with Crippen molar-refractivity contribution in [1.82, 2.24) is 9.97 Å². The summed E-state index contributed by atoms with van der Waals surface area (Å²) >= 11 is 0. The van der Waals surface area contributed by atoms with Crippen LogP contribution in [0.25, 0.3) is 32.9 Å². The van der Waals surface area contributed by atoms with Crippen molar-refractivity contribution in [3.05, 3.63) is 107 Å². The van der Waals surface area contributed by atoms with E-state index in [0.29, 0.717) is 67.8 Å². The van der Waals surface area contributed by atoms with Crippen molar-refractivity contribution in [1.29, 1.82) is 0 Å². The van der Waals surface area contributed by atoms with Gasteiger partial charge in [0, 0.05) is 33.0 Å². The number of ether oxygens (including phenoxy) is 8. The predicted octanol–water partition coefficient (Wildman–Crippen LogP) is 6.64. The molecule has 2 aliphatic rings. The largest absolute Gasteiger partial charge is 0.493 e. The van der Waals surface area contributed by atoms with Crippen molar-refractivity contribution >= 4 is 33.7 Å². The fraction of sp³-hybridized carbons (Fsp3) is 0.158. The van der Waals surface area contributed by atoms with Crippen LogP contribution in [0.1, 0.15) is 32.1 Å². The highest BCUT2D eigenvalue weighted by molar-refractivity contribution is 5.93. The van der Waals surface area contributed by atoms with E-state index in [0.717, 1.165) is 10.8 Å². The molecule has 0 spiro atoms. The number of carbonyl (C=O) groups excluding carboxylic acids is 2. The number of nitrogens with zero attached hydrogens (tertiary/aromatic N) is 2. The maximum absolute atomic E-state index is 13.3. The summed E-state index contributed by atoms with van der Waals surface area (Å²) in [6.07, 6.45) is 0. The van der Waals surface area contributed by atoms with Crippen molar-refractivity contribution in [2.24, 2.45) is 0 Å². The predicted molar refractivity (Wildman–Crippen MR) is 179 cm³/mol. The van der Waals surface area contributed by atoms with Crippen LogP contribution >= 0.6 is 0 Å². The van der Waals surface area contributed by atoms with Gasteiger partial charge in [0.25, 0.3) is 0 Å². The Morgan fingerprint density at radius 1 is 0.580 bits per heavy atom. The van der Waals surface area contributed by atoms with E-state index in [1.54, 1.807) is 24.3 Å². The third kappa shape index (κ3) is 5.46. The Morgan fingerprint density at radius 3 is 1.44 bits per heavy atom. The molecule has 0 saturated carbocycles. The molecule has 2 aliphatic heterocycles. The summed E-state index contributed by atoms with van der Waals surface area (Å²) in [5, 5.41) is 1.79. The maximum atomic E-state index is 13.3. The Hall–Kier alpha value is -6.56. The highest BCUT2D eigenvalue weighted by Gasteiger charge is 2.35. The highest BCUT2D eigenvalue weighted by atomic mass is 16.7. The van der Waals surface area contributed by atoms with Crippen molar-refractivity contribution < 1.29 is 47.5 Å². The molecule has 0 amide bonds. The van der Waals surface area contributed by atoms with Gasteiger partial charge < -0.3 is 37.9 Å². The van der Waals surface area contributed by atoms with E-state index in [4.69, 9.17) is 37.9 Å². The molecule has 6 aromatic rings. The molecule has 0 aliphatic carbocycles. The Bertz CT molecular complexity index is 2160. The zero-order valence-electron chi connectivity index (χ0n) is 26.9. The van der Waals surface area contributed by atoms with Crippen LogP contribution in [0.15, 0.2) is 84.9 Å². The number of esters is 2. The molecule has 0 atom stereocenters. The third-order valence-corrected chi connectivity index (χ3v) is 8.40. The van der Waals surface area contributed by atoms with Crippen molar-refractivity contribution in [3.8, 4) is 45.6 Å². The lowest BCUT2D eigenvalue weighted by atomic mass is 9.92. The first-order valence-corrected chi connectivity index (χ1v) is 15.6. The molecular weight excluding hydrogens is 644 g/mol. The molecule has 0 bridgehead atoms. The smallest absolute Gasteiger partial charge is 0.357 e. The van der Waals surface area contributed by atoms with Crippen molar-refractivity contribution in [2.45, 2.75) is 13.2 Å². The highest BCUT2D eigenvalue weighted by Crippen LogP contribution is 2.56. The molecule has 50 heavy (non-hydrogen) atoms. The van der Waals surface area contributed by atoms with E-state index in [2.05, 4.69) is 9.97 Å². The average Bonchev–Trinajstić information content (AvgIpc) is 3.86. The van der Waals surface area contributed by atoms with Gasteiger partial charge >= 0.3 is 11.9 Å². The molecule has 0 radical (unpaired) electrons. The van der Waals surface area contributed by atoms with Crippen LogP contribution in [0.2, 0.25) is 0 Å². The fourth-order valence-electron chi connectivity index (χ4n) is 6.05. The minimum absolute atomic E-state index is 0.0867. The fourth-order valence-corrected chi connectivity index (χ4v) is 6.05. The second-order valence-electron chi connectivity index (χ2n) is 11.3. The quantitative estimate of drug-likeness (QED) is 0.153. The first kappa shape index (κ1) is 30.8. The lowest BCUT2D eigenvalue weighted by molar-refractivity contribution is 0.0456. The van der Waals surface area contributed by atoms with Gasteiger partial charge in [-0.25, -0.2) is 19.6 Å². The normalized spacial score (nSPS) is 12.6. The number of rotatable bonds is 9. The first-order chi connectivity index (χ1) is 24.5. The topological polar surface area (TPSA) is 134 Å². The van der Waals surface area contributed by atoms with Crippen LogP contribution in [0, 0.1) is 0 Å². The van der Waals surface area contributed by atoms with Crippen molar-refractivity contribution in [2.75, 3.05) is 27.8 Å². The van der Waals surface area contributed by atoms with Gasteiger partial charge in [0.2, 0.25) is 25.1 Å². The van der Waals surface area contributed by atoms with Crippen LogP contribution in [-0.4, -0.2) is 49.7 Å². The molecule has 4 heterocycles. The van der Waals surface area contributed by atoms with Gasteiger partial charge in [-0.15, -0.1) is 0 Å². The molecule has 2 aromatic heterocycles. The number of hydrogen-bond donors (Lipinski definition) is 0. The second kappa shape index (κ2) is 12.8. The molecule has 8 rings (SSSR count). The summed E-state index contributed by atoms with van der Waals surface area (Å²) in [5.74, 6) is 0.824. The molecule has 12 nitrogen and oxygen atoms in total.